The van der Waals surface area contributed by atoms with Gasteiger partial charge in [-0.2, -0.15) is 5.10 Å². The minimum atomic E-state index is -0.597. The van der Waals surface area contributed by atoms with Crippen LogP contribution in [0.2, 0.25) is 10.0 Å². The molecule has 1 heterocycles. The lowest BCUT2D eigenvalue weighted by atomic mass is 10.1. The number of rotatable bonds is 4. The van der Waals surface area contributed by atoms with Gasteiger partial charge in [-0.25, -0.2) is 4.68 Å². The van der Waals surface area contributed by atoms with Crippen LogP contribution in [0.15, 0.2) is 35.3 Å². The highest BCUT2D eigenvalue weighted by Gasteiger charge is 2.11. The van der Waals surface area contributed by atoms with Gasteiger partial charge in [-0.1, -0.05) is 42.3 Å². The van der Waals surface area contributed by atoms with Crippen LogP contribution < -0.4 is 10.9 Å². The number of halogens is 2. The molecule has 0 aliphatic rings. The maximum Gasteiger partial charge on any atom is 0.287 e. The summed E-state index contributed by atoms with van der Waals surface area (Å²) in [4.78, 5) is 23.7. The van der Waals surface area contributed by atoms with Crippen LogP contribution in [0, 0.1) is 0 Å². The summed E-state index contributed by atoms with van der Waals surface area (Å²) >= 11 is 11.4. The van der Waals surface area contributed by atoms with Crippen molar-refractivity contribution in [2.24, 2.45) is 0 Å². The van der Waals surface area contributed by atoms with E-state index in [1.54, 1.807) is 0 Å². The van der Waals surface area contributed by atoms with Gasteiger partial charge in [0.2, 0.25) is 5.91 Å². The average Bonchev–Trinajstić information content (AvgIpc) is 2.49. The Labute approximate surface area is 131 Å². The van der Waals surface area contributed by atoms with Crippen molar-refractivity contribution in [1.29, 1.82) is 0 Å². The summed E-state index contributed by atoms with van der Waals surface area (Å²) in [7, 11) is 0. The van der Waals surface area contributed by atoms with Crippen molar-refractivity contribution in [2.45, 2.75) is 19.9 Å². The molecule has 1 amide bonds. The fraction of sp³-hybridized carbons (Fsp3) is 0.214. The van der Waals surface area contributed by atoms with Crippen LogP contribution in [-0.4, -0.2) is 15.7 Å². The van der Waals surface area contributed by atoms with Crippen LogP contribution in [0.1, 0.15) is 12.5 Å². The molecule has 2 rings (SSSR count). The highest BCUT2D eigenvalue weighted by Crippen LogP contribution is 2.14. The van der Waals surface area contributed by atoms with Crippen molar-refractivity contribution in [3.63, 3.8) is 0 Å². The molecule has 0 saturated carbocycles. The molecule has 0 saturated heterocycles. The smallest absolute Gasteiger partial charge is 0.287 e. The number of hydrogen-bond acceptors (Lipinski definition) is 3. The Hall–Kier alpha value is -1.85. The molecule has 1 aromatic carbocycles. The first kappa shape index (κ1) is 15.5. The number of hydrogen-bond donors (Lipinski definition) is 1. The van der Waals surface area contributed by atoms with Crippen LogP contribution in [0.3, 0.4) is 0 Å². The minimum absolute atomic E-state index is 0.0634. The molecule has 5 nitrogen and oxygen atoms in total. The molecule has 0 radical (unpaired) electrons. The van der Waals surface area contributed by atoms with Gasteiger partial charge in [-0.15, -0.1) is 0 Å². The molecular weight excluding hydrogens is 313 g/mol. The number of benzene rings is 1. The molecule has 1 N–H and O–H groups in total. The fourth-order valence-electron chi connectivity index (χ4n) is 1.72. The van der Waals surface area contributed by atoms with Crippen LogP contribution in [0.5, 0.6) is 0 Å². The highest BCUT2D eigenvalue weighted by molar-refractivity contribution is 6.41. The van der Waals surface area contributed by atoms with Crippen molar-refractivity contribution in [2.75, 3.05) is 5.32 Å². The summed E-state index contributed by atoms with van der Waals surface area (Å²) in [6.07, 6.45) is 2.16. The van der Waals surface area contributed by atoms with E-state index in [1.165, 1.54) is 11.8 Å². The van der Waals surface area contributed by atoms with Gasteiger partial charge in [0.05, 0.1) is 11.2 Å². The van der Waals surface area contributed by atoms with E-state index in [0.717, 1.165) is 11.1 Å². The third-order valence-corrected chi connectivity index (χ3v) is 3.63. The number of aryl methyl sites for hydroxylation is 1. The minimum Gasteiger partial charge on any atom is -0.324 e. The van der Waals surface area contributed by atoms with Crippen molar-refractivity contribution >= 4 is 34.8 Å². The Bertz CT molecular complexity index is 711. The quantitative estimate of drug-likeness (QED) is 0.940. The van der Waals surface area contributed by atoms with E-state index in [4.69, 9.17) is 23.2 Å². The van der Waals surface area contributed by atoms with E-state index in [9.17, 15) is 9.59 Å². The first-order valence-electron chi connectivity index (χ1n) is 6.31. The fourth-order valence-corrected chi connectivity index (χ4v) is 1.99. The second kappa shape index (κ2) is 6.74. The summed E-state index contributed by atoms with van der Waals surface area (Å²) in [5.41, 5.74) is 1.24. The van der Waals surface area contributed by atoms with Gasteiger partial charge in [-0.05, 0) is 24.1 Å². The Morgan fingerprint density at radius 2 is 1.95 bits per heavy atom. The Morgan fingerprint density at radius 1 is 1.29 bits per heavy atom. The summed E-state index contributed by atoms with van der Waals surface area (Å²) < 4.78 is 0.962. The molecule has 110 valence electrons. The molecule has 0 unspecified atom stereocenters. The third-order valence-electron chi connectivity index (χ3n) is 2.88. The number of aromatic nitrogens is 2. The Balaban J connectivity index is 2.08. The molecule has 1 aromatic heterocycles. The monoisotopic (exact) mass is 325 g/mol. The highest BCUT2D eigenvalue weighted by atomic mass is 35.5. The summed E-state index contributed by atoms with van der Waals surface area (Å²) in [6, 6.07) is 7.47. The Kier molecular flexibility index (Phi) is 4.98. The average molecular weight is 326 g/mol. The summed E-state index contributed by atoms with van der Waals surface area (Å²) in [5.74, 6) is -0.368. The van der Waals surface area contributed by atoms with Crippen LogP contribution in [-0.2, 0) is 17.8 Å². The predicted octanol–water partition coefficient (Wildman–Crippen LogP) is 2.75. The molecule has 0 aliphatic carbocycles. The lowest BCUT2D eigenvalue weighted by Crippen LogP contribution is -2.29. The van der Waals surface area contributed by atoms with E-state index >= 15 is 0 Å². The number of amides is 1. The van der Waals surface area contributed by atoms with Gasteiger partial charge in [0.25, 0.3) is 5.56 Å². The molecule has 0 bridgehead atoms. The molecule has 0 spiro atoms. The van der Waals surface area contributed by atoms with Gasteiger partial charge >= 0.3 is 0 Å². The topological polar surface area (TPSA) is 64.0 Å². The maximum atomic E-state index is 11.9. The zero-order valence-corrected chi connectivity index (χ0v) is 12.8. The molecule has 0 atom stereocenters. The number of nitrogens with zero attached hydrogens (tertiary/aromatic N) is 2. The predicted molar refractivity (Wildman–Crippen MR) is 83.0 cm³/mol. The lowest BCUT2D eigenvalue weighted by Gasteiger charge is -2.07. The molecule has 21 heavy (non-hydrogen) atoms. The van der Waals surface area contributed by atoms with E-state index < -0.39 is 5.56 Å². The van der Waals surface area contributed by atoms with E-state index in [-0.39, 0.29) is 22.5 Å². The number of anilines is 1. The standard InChI is InChI=1S/C14H13Cl2N3O2/c1-2-9-3-5-10(6-4-9)18-12(20)8-19-14(21)13(16)11(15)7-17-19/h3-7H,2,8H2,1H3,(H,18,20). The second-order valence-corrected chi connectivity index (χ2v) is 5.15. The van der Waals surface area contributed by atoms with Crippen molar-refractivity contribution in [3.8, 4) is 0 Å². The Morgan fingerprint density at radius 3 is 2.57 bits per heavy atom. The van der Waals surface area contributed by atoms with Crippen molar-refractivity contribution in [1.82, 2.24) is 9.78 Å². The van der Waals surface area contributed by atoms with Gasteiger partial charge in [0.15, 0.2) is 0 Å². The third kappa shape index (κ3) is 3.83. The van der Waals surface area contributed by atoms with Crippen molar-refractivity contribution < 1.29 is 4.79 Å². The normalized spacial score (nSPS) is 10.4. The largest absolute Gasteiger partial charge is 0.324 e. The first-order chi connectivity index (χ1) is 10.0. The molecule has 0 aliphatic heterocycles. The van der Waals surface area contributed by atoms with E-state index in [0.29, 0.717) is 5.69 Å². The van der Waals surface area contributed by atoms with Crippen molar-refractivity contribution in [3.05, 3.63) is 56.4 Å². The molecule has 0 fully saturated rings. The van der Waals surface area contributed by atoms with Gasteiger partial charge in [0, 0.05) is 5.69 Å². The van der Waals surface area contributed by atoms with E-state index in [1.807, 2.05) is 24.3 Å². The van der Waals surface area contributed by atoms with Gasteiger partial charge < -0.3 is 5.32 Å². The van der Waals surface area contributed by atoms with E-state index in [2.05, 4.69) is 17.3 Å². The van der Waals surface area contributed by atoms with Crippen LogP contribution in [0.4, 0.5) is 5.69 Å². The van der Waals surface area contributed by atoms with Gasteiger partial charge in [0.1, 0.15) is 11.6 Å². The molecule has 7 heteroatoms. The maximum absolute atomic E-state index is 11.9. The van der Waals surface area contributed by atoms with Gasteiger partial charge in [-0.3, -0.25) is 9.59 Å². The SMILES string of the molecule is CCc1ccc(NC(=O)Cn2ncc(Cl)c(Cl)c2=O)cc1. The molecule has 2 aromatic rings. The van der Waals surface area contributed by atoms with Crippen LogP contribution >= 0.6 is 23.2 Å². The number of nitrogens with one attached hydrogen (secondary N) is 1. The second-order valence-electron chi connectivity index (χ2n) is 4.37. The number of carbonyl (C=O) groups is 1. The van der Waals surface area contributed by atoms with Crippen LogP contribution in [0.25, 0.3) is 0 Å². The summed E-state index contributed by atoms with van der Waals surface area (Å²) in [5, 5.41) is 6.38. The molecular formula is C14H13Cl2N3O2. The summed E-state index contributed by atoms with van der Waals surface area (Å²) in [6.45, 7) is 1.82. The zero-order chi connectivity index (χ0) is 15.4. The number of carbonyl (C=O) groups excluding carboxylic acids is 1. The zero-order valence-electron chi connectivity index (χ0n) is 11.3. The lowest BCUT2D eigenvalue weighted by molar-refractivity contribution is -0.117. The first-order valence-corrected chi connectivity index (χ1v) is 7.06.